The molecule has 146 valence electrons. The summed E-state index contributed by atoms with van der Waals surface area (Å²) < 4.78 is 0. The molecule has 3 atom stereocenters. The van der Waals surface area contributed by atoms with E-state index < -0.39 is 5.92 Å². The molecule has 0 aromatic heterocycles. The Morgan fingerprint density at radius 2 is 1.72 bits per heavy atom. The van der Waals surface area contributed by atoms with E-state index >= 15 is 0 Å². The van der Waals surface area contributed by atoms with E-state index in [1.54, 1.807) is 0 Å². The van der Waals surface area contributed by atoms with Crippen LogP contribution in [0.15, 0.2) is 64.8 Å². The summed E-state index contributed by atoms with van der Waals surface area (Å²) in [6.07, 6.45) is 2.11. The van der Waals surface area contributed by atoms with Crippen molar-refractivity contribution in [1.82, 2.24) is 0 Å². The van der Waals surface area contributed by atoms with Gasteiger partial charge in [-0.05, 0) is 54.5 Å². The van der Waals surface area contributed by atoms with Gasteiger partial charge in [0, 0.05) is 34.3 Å². The number of hydrogen-bond acceptors (Lipinski definition) is 3. The molecule has 4 heteroatoms. The smallest absolute Gasteiger partial charge is 0.161 e. The number of carbonyl (C=O) groups excluding carboxylic acids is 1. The highest BCUT2D eigenvalue weighted by atomic mass is 35.5. The normalized spacial score (nSPS) is 24.0. The van der Waals surface area contributed by atoms with Crippen molar-refractivity contribution in [3.8, 4) is 6.07 Å². The summed E-state index contributed by atoms with van der Waals surface area (Å²) in [6, 6.07) is 18.4. The van der Waals surface area contributed by atoms with E-state index in [0.717, 1.165) is 34.5 Å². The van der Waals surface area contributed by atoms with Crippen LogP contribution in [0.3, 0.4) is 0 Å². The van der Waals surface area contributed by atoms with Crippen LogP contribution in [0.1, 0.15) is 55.2 Å². The second-order valence-corrected chi connectivity index (χ2v) is 8.31. The quantitative estimate of drug-likeness (QED) is 0.632. The number of carbonyl (C=O) groups is 1. The second-order valence-electron chi connectivity index (χ2n) is 7.87. The predicted molar refractivity (Wildman–Crippen MR) is 116 cm³/mol. The van der Waals surface area contributed by atoms with Crippen molar-refractivity contribution in [1.29, 1.82) is 5.26 Å². The van der Waals surface area contributed by atoms with Crippen molar-refractivity contribution in [2.45, 2.75) is 44.9 Å². The van der Waals surface area contributed by atoms with E-state index in [0.29, 0.717) is 17.9 Å². The molecule has 1 unspecified atom stereocenters. The molecule has 0 fully saturated rings. The van der Waals surface area contributed by atoms with Crippen molar-refractivity contribution in [3.05, 3.63) is 81.5 Å². The summed E-state index contributed by atoms with van der Waals surface area (Å²) in [6.45, 7) is 4.02. The number of Topliss-reactive ketones (excluding diaryl/α,β-unsaturated/α-hetero) is 1. The molecule has 1 aliphatic heterocycles. The summed E-state index contributed by atoms with van der Waals surface area (Å²) >= 11 is 6.02. The number of hydrogen-bond donors (Lipinski definition) is 0. The van der Waals surface area contributed by atoms with Gasteiger partial charge in [-0.25, -0.2) is 0 Å². The first-order chi connectivity index (χ1) is 14.0. The molecule has 2 aromatic rings. The Labute approximate surface area is 176 Å². The summed E-state index contributed by atoms with van der Waals surface area (Å²) in [5.74, 6) is -0.446. The number of aryl methyl sites for hydroxylation is 1. The third-order valence-electron chi connectivity index (χ3n) is 6.12. The minimum atomic E-state index is -0.405. The van der Waals surface area contributed by atoms with Crippen LogP contribution in [0, 0.1) is 17.2 Å². The Bertz CT molecular complexity index is 1040. The molecule has 2 aromatic carbocycles. The van der Waals surface area contributed by atoms with E-state index in [-0.39, 0.29) is 17.6 Å². The number of aliphatic imine (C=N–C) groups is 1. The lowest BCUT2D eigenvalue weighted by Crippen LogP contribution is -2.32. The minimum Gasteiger partial charge on any atom is -0.294 e. The van der Waals surface area contributed by atoms with Crippen molar-refractivity contribution in [2.75, 3.05) is 0 Å². The molecule has 0 amide bonds. The number of benzene rings is 2. The van der Waals surface area contributed by atoms with Gasteiger partial charge in [-0.1, -0.05) is 54.9 Å². The molecule has 0 bridgehead atoms. The summed E-state index contributed by atoms with van der Waals surface area (Å²) in [7, 11) is 0. The monoisotopic (exact) mass is 402 g/mol. The van der Waals surface area contributed by atoms with Gasteiger partial charge < -0.3 is 0 Å². The topological polar surface area (TPSA) is 53.2 Å². The molecule has 29 heavy (non-hydrogen) atoms. The van der Waals surface area contributed by atoms with Gasteiger partial charge in [0.05, 0.1) is 12.0 Å². The number of halogens is 1. The molecule has 1 aliphatic carbocycles. The van der Waals surface area contributed by atoms with Crippen LogP contribution in [0.4, 0.5) is 0 Å². The molecule has 1 heterocycles. The Morgan fingerprint density at radius 3 is 2.34 bits per heavy atom. The van der Waals surface area contributed by atoms with E-state index in [9.17, 15) is 10.1 Å². The van der Waals surface area contributed by atoms with Crippen LogP contribution in [0.2, 0.25) is 5.02 Å². The Morgan fingerprint density at radius 1 is 1.07 bits per heavy atom. The first-order valence-corrected chi connectivity index (χ1v) is 10.4. The van der Waals surface area contributed by atoms with Gasteiger partial charge in [-0.3, -0.25) is 9.79 Å². The summed E-state index contributed by atoms with van der Waals surface area (Å²) in [5, 5.41) is 10.5. The van der Waals surface area contributed by atoms with Crippen molar-refractivity contribution in [3.63, 3.8) is 0 Å². The molecule has 0 saturated carbocycles. The zero-order chi connectivity index (χ0) is 20.5. The zero-order valence-corrected chi connectivity index (χ0v) is 17.4. The van der Waals surface area contributed by atoms with Gasteiger partial charge in [0.1, 0.15) is 0 Å². The molecule has 0 spiro atoms. The van der Waals surface area contributed by atoms with Crippen molar-refractivity contribution in [2.24, 2.45) is 10.9 Å². The van der Waals surface area contributed by atoms with Gasteiger partial charge in [0.25, 0.3) is 0 Å². The van der Waals surface area contributed by atoms with Crippen molar-refractivity contribution < 1.29 is 4.79 Å². The first-order valence-electron chi connectivity index (χ1n) is 10.1. The highest BCUT2D eigenvalue weighted by molar-refractivity contribution is 6.30. The maximum atomic E-state index is 13.3. The van der Waals surface area contributed by atoms with E-state index in [1.165, 1.54) is 5.56 Å². The average molecular weight is 403 g/mol. The van der Waals surface area contributed by atoms with E-state index in [4.69, 9.17) is 16.6 Å². The molecule has 0 N–H and O–H groups in total. The third-order valence-corrected chi connectivity index (χ3v) is 6.37. The molecule has 0 radical (unpaired) electrons. The minimum absolute atomic E-state index is 0.0943. The maximum absolute atomic E-state index is 13.3. The molecular weight excluding hydrogens is 380 g/mol. The molecular formula is C25H23ClN2O. The van der Waals surface area contributed by atoms with Crippen LogP contribution < -0.4 is 0 Å². The van der Waals surface area contributed by atoms with E-state index in [1.807, 2.05) is 31.2 Å². The molecule has 0 saturated heterocycles. The van der Waals surface area contributed by atoms with Crippen molar-refractivity contribution >= 4 is 23.1 Å². The highest BCUT2D eigenvalue weighted by Gasteiger charge is 2.41. The standard InChI is InChI=1S/C25H23ClN2O/c1-3-16-4-6-18(7-5-16)24-21(14-27)15(2)28-22-12-19(13-23(29)25(22)24)17-8-10-20(26)11-9-17/h4-11,19,21,24H,3,12-13H2,1-2H3/t19-,21?,24+/m1/s1. The lowest BCUT2D eigenvalue weighted by molar-refractivity contribution is -0.116. The van der Waals surface area contributed by atoms with Gasteiger partial charge in [-0.15, -0.1) is 0 Å². The fraction of sp³-hybridized carbons (Fsp3) is 0.320. The Hall–Kier alpha value is -2.70. The SMILES string of the molecule is CCc1ccc([C@@H]2C3=C(C[C@@H](c4ccc(Cl)cc4)CC3=O)N=C(C)C2C#N)cc1. The third kappa shape index (κ3) is 3.66. The summed E-state index contributed by atoms with van der Waals surface area (Å²) in [5.41, 5.74) is 5.74. The van der Waals surface area contributed by atoms with E-state index in [2.05, 4.69) is 37.3 Å². The lowest BCUT2D eigenvalue weighted by atomic mass is 9.69. The molecule has 3 nitrogen and oxygen atoms in total. The zero-order valence-electron chi connectivity index (χ0n) is 16.7. The highest BCUT2D eigenvalue weighted by Crippen LogP contribution is 2.46. The van der Waals surface area contributed by atoms with Gasteiger partial charge >= 0.3 is 0 Å². The Balaban J connectivity index is 1.76. The molecule has 2 aliphatic rings. The lowest BCUT2D eigenvalue weighted by Gasteiger charge is -2.35. The fourth-order valence-corrected chi connectivity index (χ4v) is 4.64. The fourth-order valence-electron chi connectivity index (χ4n) is 4.52. The van der Waals surface area contributed by atoms with Crippen LogP contribution >= 0.6 is 11.6 Å². The van der Waals surface area contributed by atoms with Gasteiger partial charge in [0.2, 0.25) is 0 Å². The number of nitriles is 1. The van der Waals surface area contributed by atoms with Crippen LogP contribution in [0.25, 0.3) is 0 Å². The van der Waals surface area contributed by atoms with Crippen LogP contribution in [-0.4, -0.2) is 11.5 Å². The number of allylic oxidation sites excluding steroid dienone is 2. The van der Waals surface area contributed by atoms with Gasteiger partial charge in [0.15, 0.2) is 5.78 Å². The van der Waals surface area contributed by atoms with Gasteiger partial charge in [-0.2, -0.15) is 5.26 Å². The molecule has 4 rings (SSSR count). The number of ketones is 1. The number of nitrogens with zero attached hydrogens (tertiary/aromatic N) is 2. The first kappa shape index (κ1) is 19.6. The number of rotatable bonds is 3. The maximum Gasteiger partial charge on any atom is 0.161 e. The summed E-state index contributed by atoms with van der Waals surface area (Å²) in [4.78, 5) is 18.0. The van der Waals surface area contributed by atoms with Crippen LogP contribution in [-0.2, 0) is 11.2 Å². The predicted octanol–water partition coefficient (Wildman–Crippen LogP) is 6.00. The largest absolute Gasteiger partial charge is 0.294 e. The second kappa shape index (κ2) is 7.97. The average Bonchev–Trinajstić information content (AvgIpc) is 2.73. The Kier molecular flexibility index (Phi) is 5.39. The van der Waals surface area contributed by atoms with Crippen LogP contribution in [0.5, 0.6) is 0 Å².